The highest BCUT2D eigenvalue weighted by molar-refractivity contribution is 6.09. The molecule has 2 aromatic carbocycles. The molecular formula is C29H26N2O4. The first-order valence-electron chi connectivity index (χ1n) is 11.6. The first-order chi connectivity index (χ1) is 16.6. The molecule has 0 spiro atoms. The van der Waals surface area contributed by atoms with Crippen molar-refractivity contribution in [1.82, 2.24) is 0 Å². The van der Waals surface area contributed by atoms with Gasteiger partial charge in [0.15, 0.2) is 11.5 Å². The molecule has 0 radical (unpaired) electrons. The lowest BCUT2D eigenvalue weighted by Gasteiger charge is -2.37. The summed E-state index contributed by atoms with van der Waals surface area (Å²) in [6.07, 6.45) is 0.929. The smallest absolute Gasteiger partial charge is 0.228 e. The summed E-state index contributed by atoms with van der Waals surface area (Å²) < 4.78 is 11.8. The monoisotopic (exact) mass is 466 g/mol. The molecule has 35 heavy (non-hydrogen) atoms. The van der Waals surface area contributed by atoms with E-state index in [0.29, 0.717) is 35.3 Å². The Hall–Kier alpha value is -4.11. The minimum atomic E-state index is -0.624. The van der Waals surface area contributed by atoms with E-state index in [0.717, 1.165) is 22.1 Å². The minimum Gasteiger partial charge on any atom is -0.452 e. The molecule has 0 fully saturated rings. The number of ether oxygens (including phenoxy) is 1. The van der Waals surface area contributed by atoms with Crippen molar-refractivity contribution in [2.45, 2.75) is 46.5 Å². The van der Waals surface area contributed by atoms with Gasteiger partial charge < -0.3 is 14.9 Å². The van der Waals surface area contributed by atoms with Crippen molar-refractivity contribution < 1.29 is 18.7 Å². The van der Waals surface area contributed by atoms with Gasteiger partial charge in [0.05, 0.1) is 5.92 Å². The van der Waals surface area contributed by atoms with E-state index in [4.69, 9.17) is 14.9 Å². The van der Waals surface area contributed by atoms with E-state index in [1.54, 1.807) is 18.2 Å². The van der Waals surface area contributed by atoms with Gasteiger partial charge >= 0.3 is 0 Å². The Morgan fingerprint density at radius 2 is 1.83 bits per heavy atom. The van der Waals surface area contributed by atoms with Gasteiger partial charge in [0.1, 0.15) is 23.0 Å². The quantitative estimate of drug-likeness (QED) is 0.494. The van der Waals surface area contributed by atoms with Crippen LogP contribution in [0.25, 0.3) is 11.0 Å². The van der Waals surface area contributed by atoms with E-state index in [9.17, 15) is 14.9 Å². The number of hydrogen-bond acceptors (Lipinski definition) is 6. The number of aryl methyl sites for hydroxylation is 2. The topological polar surface area (TPSA) is 106 Å². The third-order valence-corrected chi connectivity index (χ3v) is 6.77. The van der Waals surface area contributed by atoms with Gasteiger partial charge in [-0.2, -0.15) is 5.26 Å². The van der Waals surface area contributed by atoms with Crippen molar-refractivity contribution in [2.24, 2.45) is 11.1 Å². The number of furan rings is 1. The van der Waals surface area contributed by atoms with Crippen molar-refractivity contribution in [1.29, 1.82) is 5.26 Å². The zero-order valence-corrected chi connectivity index (χ0v) is 20.2. The third kappa shape index (κ3) is 3.83. The van der Waals surface area contributed by atoms with Crippen molar-refractivity contribution in [3.8, 4) is 6.07 Å². The van der Waals surface area contributed by atoms with Gasteiger partial charge in [0.25, 0.3) is 0 Å². The molecule has 2 aliphatic rings. The number of rotatable bonds is 3. The molecule has 6 nitrogen and oxygen atoms in total. The van der Waals surface area contributed by atoms with E-state index < -0.39 is 5.92 Å². The van der Waals surface area contributed by atoms with Crippen LogP contribution in [0.2, 0.25) is 0 Å². The maximum atomic E-state index is 13.2. The normalized spacial score (nSPS) is 19.4. The molecule has 2 heterocycles. The number of nitrogens with zero attached hydrogens (tertiary/aromatic N) is 1. The SMILES string of the molecule is Cc1ccc(C(=O)c2cc3cc(C4C(C#N)=C(N)OC5=C4C(=O)CC(C)(C)C5)cc(C)c3o2)cc1. The second-order valence-electron chi connectivity index (χ2n) is 10.3. The molecule has 5 rings (SSSR count). The third-order valence-electron chi connectivity index (χ3n) is 6.77. The average Bonchev–Trinajstić information content (AvgIpc) is 3.22. The number of allylic oxidation sites excluding steroid dienone is 3. The zero-order valence-electron chi connectivity index (χ0n) is 20.2. The Balaban J connectivity index is 1.63. The summed E-state index contributed by atoms with van der Waals surface area (Å²) in [4.78, 5) is 26.3. The van der Waals surface area contributed by atoms with Crippen LogP contribution >= 0.6 is 0 Å². The first-order valence-corrected chi connectivity index (χ1v) is 11.6. The van der Waals surface area contributed by atoms with E-state index >= 15 is 0 Å². The van der Waals surface area contributed by atoms with Crippen LogP contribution in [-0.4, -0.2) is 11.6 Å². The number of benzene rings is 2. The Labute approximate surface area is 203 Å². The number of nitrogens with two attached hydrogens (primary N) is 1. The number of hydrogen-bond donors (Lipinski definition) is 1. The van der Waals surface area contributed by atoms with E-state index in [2.05, 4.69) is 6.07 Å². The van der Waals surface area contributed by atoms with Crippen LogP contribution in [0.5, 0.6) is 0 Å². The van der Waals surface area contributed by atoms with Crippen LogP contribution in [0.15, 0.2) is 69.7 Å². The number of fused-ring (bicyclic) bond motifs is 1. The second kappa shape index (κ2) is 7.99. The highest BCUT2D eigenvalue weighted by Gasteiger charge is 2.43. The van der Waals surface area contributed by atoms with Crippen LogP contribution in [0.1, 0.15) is 65.4 Å². The van der Waals surface area contributed by atoms with Crippen LogP contribution < -0.4 is 5.73 Å². The fraction of sp³-hybridized carbons (Fsp3) is 0.276. The van der Waals surface area contributed by atoms with Crippen molar-refractivity contribution >= 4 is 22.5 Å². The summed E-state index contributed by atoms with van der Waals surface area (Å²) >= 11 is 0. The van der Waals surface area contributed by atoms with Crippen molar-refractivity contribution in [2.75, 3.05) is 0 Å². The molecule has 3 aromatic rings. The summed E-state index contributed by atoms with van der Waals surface area (Å²) in [7, 11) is 0. The Kier molecular flexibility index (Phi) is 5.17. The average molecular weight is 467 g/mol. The molecular weight excluding hydrogens is 440 g/mol. The second-order valence-corrected chi connectivity index (χ2v) is 10.3. The molecule has 6 heteroatoms. The Morgan fingerprint density at radius 1 is 1.11 bits per heavy atom. The van der Waals surface area contributed by atoms with Crippen molar-refractivity contribution in [3.63, 3.8) is 0 Å². The van der Waals surface area contributed by atoms with Gasteiger partial charge in [-0.05, 0) is 42.5 Å². The first kappa shape index (κ1) is 22.7. The molecule has 0 saturated heterocycles. The molecule has 1 aromatic heterocycles. The summed E-state index contributed by atoms with van der Waals surface area (Å²) in [5.74, 6) is -0.0649. The minimum absolute atomic E-state index is 0.0296. The standard InChI is InChI=1S/C29H26N2O4/c1-15-5-7-17(8-6-15)26(33)22-11-19-10-18(9-16(2)27(19)34-22)24-20(14-30)28(31)35-23-13-29(3,4)12-21(32)25(23)24/h5-11,24H,12-13,31H2,1-4H3. The highest BCUT2D eigenvalue weighted by Crippen LogP contribution is 2.48. The van der Waals surface area contributed by atoms with Gasteiger partial charge in [-0.1, -0.05) is 49.7 Å². The molecule has 0 saturated carbocycles. The van der Waals surface area contributed by atoms with E-state index in [1.165, 1.54) is 0 Å². The fourth-order valence-electron chi connectivity index (χ4n) is 5.10. The van der Waals surface area contributed by atoms with Crippen LogP contribution in [0.4, 0.5) is 0 Å². The Morgan fingerprint density at radius 3 is 2.51 bits per heavy atom. The number of ketones is 2. The van der Waals surface area contributed by atoms with Gasteiger partial charge in [0, 0.05) is 29.4 Å². The molecule has 1 unspecified atom stereocenters. The molecule has 1 aliphatic carbocycles. The summed E-state index contributed by atoms with van der Waals surface area (Å²) in [6, 6.07) is 15.0. The van der Waals surface area contributed by atoms with Crippen molar-refractivity contribution in [3.05, 3.63) is 93.3 Å². The molecule has 2 N–H and O–H groups in total. The lowest BCUT2D eigenvalue weighted by Crippen LogP contribution is -2.33. The lowest BCUT2D eigenvalue weighted by molar-refractivity contribution is -0.119. The largest absolute Gasteiger partial charge is 0.452 e. The van der Waals surface area contributed by atoms with Crippen LogP contribution in [0.3, 0.4) is 0 Å². The van der Waals surface area contributed by atoms with Gasteiger partial charge in [-0.15, -0.1) is 0 Å². The predicted molar refractivity (Wildman–Crippen MR) is 131 cm³/mol. The van der Waals surface area contributed by atoms with Crippen LogP contribution in [0, 0.1) is 30.6 Å². The summed E-state index contributed by atoms with van der Waals surface area (Å²) in [5.41, 5.74) is 10.4. The van der Waals surface area contributed by atoms with E-state index in [1.807, 2.05) is 52.0 Å². The van der Waals surface area contributed by atoms with Crippen LogP contribution in [-0.2, 0) is 9.53 Å². The Bertz CT molecular complexity index is 1510. The molecule has 0 bridgehead atoms. The molecule has 1 aliphatic heterocycles. The highest BCUT2D eigenvalue weighted by atomic mass is 16.5. The fourth-order valence-corrected chi connectivity index (χ4v) is 5.10. The van der Waals surface area contributed by atoms with Gasteiger partial charge in [0.2, 0.25) is 11.7 Å². The number of carbonyl (C=O) groups excluding carboxylic acids is 2. The summed E-state index contributed by atoms with van der Waals surface area (Å²) in [5, 5.41) is 10.6. The molecule has 176 valence electrons. The van der Waals surface area contributed by atoms with E-state index in [-0.39, 0.29) is 34.2 Å². The molecule has 1 atom stereocenters. The zero-order chi connectivity index (χ0) is 25.1. The van der Waals surface area contributed by atoms with Gasteiger partial charge in [-0.3, -0.25) is 9.59 Å². The predicted octanol–water partition coefficient (Wildman–Crippen LogP) is 5.73. The lowest BCUT2D eigenvalue weighted by atomic mass is 9.70. The maximum Gasteiger partial charge on any atom is 0.228 e. The number of Topliss-reactive ketones (excluding diaryl/α,β-unsaturated/α-hetero) is 1. The molecule has 0 amide bonds. The van der Waals surface area contributed by atoms with Gasteiger partial charge in [-0.25, -0.2) is 0 Å². The summed E-state index contributed by atoms with van der Waals surface area (Å²) in [6.45, 7) is 7.88. The number of nitriles is 1. The maximum absolute atomic E-state index is 13.2. The number of carbonyl (C=O) groups is 2.